The van der Waals surface area contributed by atoms with Gasteiger partial charge in [-0.15, -0.1) is 0 Å². The lowest BCUT2D eigenvalue weighted by Gasteiger charge is -2.26. The summed E-state index contributed by atoms with van der Waals surface area (Å²) in [6, 6.07) is 0. The summed E-state index contributed by atoms with van der Waals surface area (Å²) in [5.74, 6) is 0. The van der Waals surface area contributed by atoms with E-state index in [9.17, 15) is 0 Å². The Hall–Kier alpha value is -1.36. The molecule has 0 aromatic rings. The van der Waals surface area contributed by atoms with Crippen LogP contribution in [0.15, 0.2) is 10.2 Å². The number of hydrogen-bond donors (Lipinski definition) is 4. The van der Waals surface area contributed by atoms with Gasteiger partial charge in [-0.3, -0.25) is 10.9 Å². The minimum atomic E-state index is 0.547. The first-order valence-electron chi connectivity index (χ1n) is 12.3. The monoisotopic (exact) mass is 482 g/mol. The van der Waals surface area contributed by atoms with Gasteiger partial charge in [0, 0.05) is 26.2 Å². The van der Waals surface area contributed by atoms with Gasteiger partial charge in [0.1, 0.15) is 0 Å². The van der Waals surface area contributed by atoms with Gasteiger partial charge in [-0.25, -0.2) is 0 Å². The molecule has 2 rings (SSSR count). The summed E-state index contributed by atoms with van der Waals surface area (Å²) in [6.45, 7) is 12.6. The quantitative estimate of drug-likeness (QED) is 0.203. The SMILES string of the molecule is CCC(=N/NC(=S)NCCN1CCCCC1)/C(CC)=N/NC(=S)NCCN1CCCCC1. The van der Waals surface area contributed by atoms with Gasteiger partial charge < -0.3 is 20.4 Å². The molecule has 0 radical (unpaired) electrons. The van der Waals surface area contributed by atoms with Crippen molar-refractivity contribution < 1.29 is 0 Å². The molecule has 0 spiro atoms. The lowest BCUT2D eigenvalue weighted by atomic mass is 10.1. The zero-order chi connectivity index (χ0) is 23.0. The summed E-state index contributed by atoms with van der Waals surface area (Å²) >= 11 is 10.8. The predicted octanol–water partition coefficient (Wildman–Crippen LogP) is 2.42. The third kappa shape index (κ3) is 11.0. The fraction of sp³-hybridized carbons (Fsp3) is 0.818. The summed E-state index contributed by atoms with van der Waals surface area (Å²) in [6.07, 6.45) is 9.44. The van der Waals surface area contributed by atoms with Crippen LogP contribution >= 0.6 is 24.4 Å². The molecule has 0 unspecified atom stereocenters. The molecule has 0 aliphatic carbocycles. The maximum absolute atomic E-state index is 5.38. The number of piperidine rings is 2. The van der Waals surface area contributed by atoms with Crippen molar-refractivity contribution in [1.82, 2.24) is 31.3 Å². The molecule has 2 saturated heterocycles. The third-order valence-electron chi connectivity index (χ3n) is 5.91. The molecule has 32 heavy (non-hydrogen) atoms. The van der Waals surface area contributed by atoms with E-state index in [1.165, 1.54) is 64.7 Å². The molecule has 0 bridgehead atoms. The molecule has 10 heteroatoms. The number of rotatable bonds is 11. The van der Waals surface area contributed by atoms with Gasteiger partial charge in [0.2, 0.25) is 0 Å². The first-order chi connectivity index (χ1) is 15.6. The van der Waals surface area contributed by atoms with Crippen molar-refractivity contribution in [1.29, 1.82) is 0 Å². The van der Waals surface area contributed by atoms with E-state index in [4.69, 9.17) is 24.4 Å². The molecule has 0 amide bonds. The molecule has 4 N–H and O–H groups in total. The highest BCUT2D eigenvalue weighted by molar-refractivity contribution is 7.80. The van der Waals surface area contributed by atoms with E-state index in [0.29, 0.717) is 10.2 Å². The van der Waals surface area contributed by atoms with E-state index in [2.05, 4.69) is 55.3 Å². The Morgan fingerprint density at radius 3 is 1.38 bits per heavy atom. The Kier molecular flexibility index (Phi) is 13.7. The first-order valence-corrected chi connectivity index (χ1v) is 13.1. The highest BCUT2D eigenvalue weighted by Crippen LogP contribution is 2.08. The van der Waals surface area contributed by atoms with Crippen LogP contribution in [0.25, 0.3) is 0 Å². The number of hydrazone groups is 2. The minimum absolute atomic E-state index is 0.547. The highest BCUT2D eigenvalue weighted by Gasteiger charge is 2.11. The van der Waals surface area contributed by atoms with Gasteiger partial charge in [0.25, 0.3) is 0 Å². The van der Waals surface area contributed by atoms with E-state index in [1.807, 2.05) is 0 Å². The summed E-state index contributed by atoms with van der Waals surface area (Å²) in [4.78, 5) is 4.97. The minimum Gasteiger partial charge on any atom is -0.360 e. The topological polar surface area (TPSA) is 79.3 Å². The Bertz CT molecular complexity index is 571. The molecule has 8 nitrogen and oxygen atoms in total. The average Bonchev–Trinajstić information content (AvgIpc) is 2.82. The van der Waals surface area contributed by atoms with Crippen LogP contribution < -0.4 is 21.5 Å². The largest absolute Gasteiger partial charge is 0.360 e. The Morgan fingerprint density at radius 2 is 1.03 bits per heavy atom. The van der Waals surface area contributed by atoms with E-state index in [0.717, 1.165) is 50.4 Å². The molecule has 0 aromatic heterocycles. The van der Waals surface area contributed by atoms with Crippen molar-refractivity contribution in [3.05, 3.63) is 0 Å². The predicted molar refractivity (Wildman–Crippen MR) is 144 cm³/mol. The number of thiocarbonyl (C=S) groups is 2. The van der Waals surface area contributed by atoms with E-state index in [1.54, 1.807) is 0 Å². The molecule has 0 saturated carbocycles. The molecular weight excluding hydrogens is 440 g/mol. The van der Waals surface area contributed by atoms with Gasteiger partial charge in [0.05, 0.1) is 11.4 Å². The van der Waals surface area contributed by atoms with E-state index in [-0.39, 0.29) is 0 Å². The second kappa shape index (κ2) is 16.3. The summed E-state index contributed by atoms with van der Waals surface area (Å²) in [7, 11) is 0. The second-order valence-corrected chi connectivity index (χ2v) is 9.18. The molecule has 2 heterocycles. The smallest absolute Gasteiger partial charge is 0.187 e. The van der Waals surface area contributed by atoms with Crippen LogP contribution in [0, 0.1) is 0 Å². The number of hydrogen-bond acceptors (Lipinski definition) is 6. The zero-order valence-corrected chi connectivity index (χ0v) is 21.6. The number of nitrogens with zero attached hydrogens (tertiary/aromatic N) is 4. The number of likely N-dealkylation sites (tertiary alicyclic amines) is 2. The van der Waals surface area contributed by atoms with Crippen LogP contribution in [0.5, 0.6) is 0 Å². The zero-order valence-electron chi connectivity index (χ0n) is 19.9. The van der Waals surface area contributed by atoms with Crippen molar-refractivity contribution in [2.24, 2.45) is 10.2 Å². The van der Waals surface area contributed by atoms with Gasteiger partial charge in [-0.05, 0) is 89.1 Å². The van der Waals surface area contributed by atoms with Crippen LogP contribution in [0.1, 0.15) is 65.2 Å². The molecule has 0 aromatic carbocycles. The lowest BCUT2D eigenvalue weighted by molar-refractivity contribution is 0.232. The molecule has 2 aliphatic heterocycles. The van der Waals surface area contributed by atoms with Crippen molar-refractivity contribution in [2.75, 3.05) is 52.4 Å². The average molecular weight is 483 g/mol. The van der Waals surface area contributed by atoms with Gasteiger partial charge >= 0.3 is 0 Å². The van der Waals surface area contributed by atoms with Crippen molar-refractivity contribution in [3.8, 4) is 0 Å². The van der Waals surface area contributed by atoms with Gasteiger partial charge in [0.15, 0.2) is 10.2 Å². The van der Waals surface area contributed by atoms with E-state index >= 15 is 0 Å². The summed E-state index contributed by atoms with van der Waals surface area (Å²) in [5.41, 5.74) is 7.69. The van der Waals surface area contributed by atoms with Crippen LogP contribution in [-0.4, -0.2) is 83.8 Å². The second-order valence-electron chi connectivity index (χ2n) is 8.36. The fourth-order valence-electron chi connectivity index (χ4n) is 4.03. The Labute approximate surface area is 205 Å². The maximum Gasteiger partial charge on any atom is 0.187 e. The van der Waals surface area contributed by atoms with E-state index < -0.39 is 0 Å². The van der Waals surface area contributed by atoms with Crippen molar-refractivity contribution >= 4 is 46.1 Å². The third-order valence-corrected chi connectivity index (χ3v) is 6.38. The Morgan fingerprint density at radius 1 is 0.656 bits per heavy atom. The standard InChI is InChI=1S/C22H42N8S2/c1-3-19(25-27-21(31)23-11-17-29-13-7-5-8-14-29)20(4-2)26-28-22(32)24-12-18-30-15-9-6-10-16-30/h3-18H2,1-2H3,(H2,23,27,31)(H2,24,28,32)/b25-19-,26-20+. The van der Waals surface area contributed by atoms with Crippen molar-refractivity contribution in [2.45, 2.75) is 65.2 Å². The Balaban J connectivity index is 1.69. The van der Waals surface area contributed by atoms with Crippen LogP contribution in [0.4, 0.5) is 0 Å². The summed E-state index contributed by atoms with van der Waals surface area (Å²) in [5, 5.41) is 16.6. The lowest BCUT2D eigenvalue weighted by Crippen LogP contribution is -2.41. The highest BCUT2D eigenvalue weighted by atomic mass is 32.1. The van der Waals surface area contributed by atoms with Crippen LogP contribution in [0.3, 0.4) is 0 Å². The molecule has 0 atom stereocenters. The normalized spacial score (nSPS) is 18.8. The van der Waals surface area contributed by atoms with Gasteiger partial charge in [-0.2, -0.15) is 10.2 Å². The molecule has 182 valence electrons. The molecule has 2 aliphatic rings. The molecular formula is C22H42N8S2. The summed E-state index contributed by atoms with van der Waals surface area (Å²) < 4.78 is 0. The first kappa shape index (κ1) is 26.9. The fourth-order valence-corrected chi connectivity index (χ4v) is 4.33. The number of nitrogens with one attached hydrogen (secondary N) is 4. The van der Waals surface area contributed by atoms with Crippen LogP contribution in [-0.2, 0) is 0 Å². The van der Waals surface area contributed by atoms with Crippen LogP contribution in [0.2, 0.25) is 0 Å². The molecule has 2 fully saturated rings. The maximum atomic E-state index is 5.38. The van der Waals surface area contributed by atoms with Crippen molar-refractivity contribution in [3.63, 3.8) is 0 Å². The van der Waals surface area contributed by atoms with Gasteiger partial charge in [-0.1, -0.05) is 26.7 Å².